The van der Waals surface area contributed by atoms with Crippen LogP contribution in [0.4, 0.5) is 17.2 Å². The highest BCUT2D eigenvalue weighted by molar-refractivity contribution is 6.12. The Morgan fingerprint density at radius 3 is 2.72 bits per heavy atom. The molecule has 0 aliphatic heterocycles. The Kier molecular flexibility index (Phi) is 5.51. The molecule has 4 rings (SSSR count). The number of H-pyrrole nitrogens is 1. The fourth-order valence-electron chi connectivity index (χ4n) is 3.28. The number of aryl methyl sites for hydroxylation is 1. The number of carbonyl (C=O) groups is 1. The van der Waals surface area contributed by atoms with E-state index in [1.807, 2.05) is 31.2 Å². The van der Waals surface area contributed by atoms with Crippen molar-refractivity contribution >= 4 is 33.9 Å². The molecule has 3 N–H and O–H groups in total. The van der Waals surface area contributed by atoms with Crippen molar-refractivity contribution in [3.63, 3.8) is 0 Å². The van der Waals surface area contributed by atoms with Crippen LogP contribution in [-0.4, -0.2) is 28.3 Å². The maximum absolute atomic E-state index is 13.0. The number of nitrogens with zero attached hydrogens (tertiary/aromatic N) is 4. The molecular weight excluding hydrogens is 408 g/mol. The van der Waals surface area contributed by atoms with Crippen LogP contribution in [-0.2, 0) is 0 Å². The fraction of sp³-hybridized carbons (Fsp3) is 0.0870. The third-order valence-corrected chi connectivity index (χ3v) is 4.90. The topological polar surface area (TPSA) is 136 Å². The number of methoxy groups -OCH3 is 1. The third kappa shape index (κ3) is 3.85. The molecule has 0 fully saturated rings. The minimum absolute atomic E-state index is 0.0398. The van der Waals surface area contributed by atoms with Crippen LogP contribution in [0.5, 0.6) is 11.5 Å². The summed E-state index contributed by atoms with van der Waals surface area (Å²) in [6, 6.07) is 15.9. The second-order valence-electron chi connectivity index (χ2n) is 6.92. The van der Waals surface area contributed by atoms with Crippen LogP contribution in [0.15, 0.2) is 65.0 Å². The highest BCUT2D eigenvalue weighted by atomic mass is 16.5. The zero-order chi connectivity index (χ0) is 22.7. The summed E-state index contributed by atoms with van der Waals surface area (Å²) in [6.07, 6.45) is 1.33. The number of anilines is 1. The van der Waals surface area contributed by atoms with Gasteiger partial charge in [-0.2, -0.15) is 10.4 Å². The predicted molar refractivity (Wildman–Crippen MR) is 119 cm³/mol. The Morgan fingerprint density at radius 2 is 2.00 bits per heavy atom. The van der Waals surface area contributed by atoms with E-state index in [0.29, 0.717) is 22.2 Å². The Hall–Kier alpha value is -4.71. The number of nitriles is 1. The summed E-state index contributed by atoms with van der Waals surface area (Å²) in [4.78, 5) is 13.0. The first-order valence-electron chi connectivity index (χ1n) is 9.57. The molecule has 1 aromatic heterocycles. The molecular formula is C23H18N6O3. The summed E-state index contributed by atoms with van der Waals surface area (Å²) in [7, 11) is 1.56. The predicted octanol–water partition coefficient (Wildman–Crippen LogP) is 5.12. The van der Waals surface area contributed by atoms with Gasteiger partial charge in [0.1, 0.15) is 23.1 Å². The van der Waals surface area contributed by atoms with E-state index in [1.54, 1.807) is 37.4 Å². The van der Waals surface area contributed by atoms with Crippen LogP contribution in [0.25, 0.3) is 10.8 Å². The van der Waals surface area contributed by atoms with E-state index in [4.69, 9.17) is 10.00 Å². The fourth-order valence-corrected chi connectivity index (χ4v) is 3.28. The number of hydrogen-bond acceptors (Lipinski definition) is 7. The van der Waals surface area contributed by atoms with Gasteiger partial charge in [0.15, 0.2) is 11.6 Å². The standard InChI is InChI=1S/C23H18N6O3/c1-13-4-3-5-14-10-18(23(31)26-16-6-8-17(32-2)9-7-16)21(30)20(19(13)14)27-29-22-15(11-24)12-25-28-22/h3-10,12,30H,1-2H3,(H,25,28)(H,26,31). The van der Waals surface area contributed by atoms with Gasteiger partial charge in [0.2, 0.25) is 0 Å². The van der Waals surface area contributed by atoms with Gasteiger partial charge in [0.05, 0.1) is 18.9 Å². The van der Waals surface area contributed by atoms with Gasteiger partial charge in [-0.25, -0.2) is 0 Å². The van der Waals surface area contributed by atoms with Crippen molar-refractivity contribution in [1.82, 2.24) is 10.2 Å². The quantitative estimate of drug-likeness (QED) is 0.380. The molecule has 0 radical (unpaired) electrons. The zero-order valence-electron chi connectivity index (χ0n) is 17.2. The lowest BCUT2D eigenvalue weighted by atomic mass is 9.99. The summed E-state index contributed by atoms with van der Waals surface area (Å²) >= 11 is 0. The van der Waals surface area contributed by atoms with Gasteiger partial charge in [0.25, 0.3) is 5.91 Å². The molecule has 0 bridgehead atoms. The number of nitrogens with one attached hydrogen (secondary N) is 2. The summed E-state index contributed by atoms with van der Waals surface area (Å²) in [5.74, 6) is -0.0154. The molecule has 4 aromatic rings. The van der Waals surface area contributed by atoms with E-state index in [-0.39, 0.29) is 28.4 Å². The van der Waals surface area contributed by atoms with Crippen molar-refractivity contribution in [1.29, 1.82) is 5.26 Å². The van der Waals surface area contributed by atoms with Crippen LogP contribution in [0.3, 0.4) is 0 Å². The average molecular weight is 426 g/mol. The van der Waals surface area contributed by atoms with Gasteiger partial charge in [-0.3, -0.25) is 9.89 Å². The molecule has 9 heteroatoms. The van der Waals surface area contributed by atoms with Crippen molar-refractivity contribution in [2.24, 2.45) is 10.2 Å². The average Bonchev–Trinajstić information content (AvgIpc) is 3.26. The lowest BCUT2D eigenvalue weighted by Crippen LogP contribution is -2.12. The molecule has 0 atom stereocenters. The summed E-state index contributed by atoms with van der Waals surface area (Å²) < 4.78 is 5.12. The first-order valence-corrected chi connectivity index (χ1v) is 9.57. The monoisotopic (exact) mass is 426 g/mol. The van der Waals surface area contributed by atoms with Crippen molar-refractivity contribution in [3.8, 4) is 17.6 Å². The molecule has 3 aromatic carbocycles. The van der Waals surface area contributed by atoms with E-state index < -0.39 is 5.91 Å². The molecule has 0 spiro atoms. The highest BCUT2D eigenvalue weighted by Gasteiger charge is 2.20. The van der Waals surface area contributed by atoms with Gasteiger partial charge in [-0.15, -0.1) is 10.2 Å². The number of ether oxygens (including phenoxy) is 1. The summed E-state index contributed by atoms with van der Waals surface area (Å²) in [6.45, 7) is 1.87. The van der Waals surface area contributed by atoms with Crippen LogP contribution in [0.1, 0.15) is 21.5 Å². The number of aromatic hydroxyl groups is 1. The molecule has 158 valence electrons. The molecule has 0 saturated carbocycles. The molecule has 9 nitrogen and oxygen atoms in total. The zero-order valence-corrected chi connectivity index (χ0v) is 17.2. The number of carbonyl (C=O) groups excluding carboxylic acids is 1. The van der Waals surface area contributed by atoms with E-state index in [9.17, 15) is 9.90 Å². The Bertz CT molecular complexity index is 1380. The van der Waals surface area contributed by atoms with E-state index >= 15 is 0 Å². The van der Waals surface area contributed by atoms with Crippen molar-refractivity contribution in [2.45, 2.75) is 6.92 Å². The van der Waals surface area contributed by atoms with E-state index in [0.717, 1.165) is 5.56 Å². The number of rotatable bonds is 5. The first-order chi connectivity index (χ1) is 15.5. The van der Waals surface area contributed by atoms with Crippen molar-refractivity contribution in [3.05, 3.63) is 71.4 Å². The molecule has 0 aliphatic rings. The molecule has 0 aliphatic carbocycles. The molecule has 1 amide bonds. The lowest BCUT2D eigenvalue weighted by Gasteiger charge is -2.12. The number of amides is 1. The molecule has 0 saturated heterocycles. The van der Waals surface area contributed by atoms with Gasteiger partial charge in [-0.05, 0) is 48.2 Å². The highest BCUT2D eigenvalue weighted by Crippen LogP contribution is 2.41. The van der Waals surface area contributed by atoms with Gasteiger partial charge in [-0.1, -0.05) is 18.2 Å². The van der Waals surface area contributed by atoms with Crippen LogP contribution in [0, 0.1) is 18.3 Å². The maximum Gasteiger partial charge on any atom is 0.259 e. The Labute approximate surface area is 183 Å². The van der Waals surface area contributed by atoms with Crippen LogP contribution in [0.2, 0.25) is 0 Å². The molecule has 1 heterocycles. The van der Waals surface area contributed by atoms with Gasteiger partial charge in [0, 0.05) is 11.1 Å². The summed E-state index contributed by atoms with van der Waals surface area (Å²) in [5.41, 5.74) is 1.76. The number of benzene rings is 3. The largest absolute Gasteiger partial charge is 0.505 e. The van der Waals surface area contributed by atoms with Crippen molar-refractivity contribution < 1.29 is 14.6 Å². The van der Waals surface area contributed by atoms with Crippen molar-refractivity contribution in [2.75, 3.05) is 12.4 Å². The lowest BCUT2D eigenvalue weighted by molar-refractivity contribution is 0.102. The third-order valence-electron chi connectivity index (χ3n) is 4.90. The number of phenols is 1. The minimum Gasteiger partial charge on any atom is -0.505 e. The SMILES string of the molecule is COc1ccc(NC(=O)c2cc3cccc(C)c3c(N=Nc3[nH]ncc3C#N)c2O)cc1. The second-order valence-corrected chi connectivity index (χ2v) is 6.92. The van der Waals surface area contributed by atoms with E-state index in [1.165, 1.54) is 6.20 Å². The number of hydrogen-bond donors (Lipinski definition) is 3. The van der Waals surface area contributed by atoms with Gasteiger partial charge >= 0.3 is 0 Å². The smallest absolute Gasteiger partial charge is 0.259 e. The number of phenolic OH excluding ortho intramolecular Hbond substituents is 1. The number of fused-ring (bicyclic) bond motifs is 1. The number of azo groups is 1. The Morgan fingerprint density at radius 1 is 1.22 bits per heavy atom. The molecule has 0 unspecified atom stereocenters. The molecule has 32 heavy (non-hydrogen) atoms. The first kappa shape index (κ1) is 20.6. The van der Waals surface area contributed by atoms with E-state index in [2.05, 4.69) is 25.7 Å². The normalized spacial score (nSPS) is 10.9. The number of aromatic amines is 1. The summed E-state index contributed by atoms with van der Waals surface area (Å²) in [5, 5.41) is 38.8. The van der Waals surface area contributed by atoms with Crippen LogP contribution >= 0.6 is 0 Å². The number of aromatic nitrogens is 2. The Balaban J connectivity index is 1.79. The minimum atomic E-state index is -0.508. The maximum atomic E-state index is 13.0. The second kappa shape index (κ2) is 8.57. The van der Waals surface area contributed by atoms with Crippen LogP contribution < -0.4 is 10.1 Å². The van der Waals surface area contributed by atoms with Gasteiger partial charge < -0.3 is 15.2 Å².